The summed E-state index contributed by atoms with van der Waals surface area (Å²) in [7, 11) is 1.66. The summed E-state index contributed by atoms with van der Waals surface area (Å²) in [5.74, 6) is -0.0896. The van der Waals surface area contributed by atoms with E-state index in [-0.39, 0.29) is 12.6 Å². The van der Waals surface area contributed by atoms with Gasteiger partial charge < -0.3 is 15.2 Å². The number of rotatable bonds is 8. The van der Waals surface area contributed by atoms with Crippen molar-refractivity contribution in [3.05, 3.63) is 58.5 Å². The Hall–Kier alpha value is -3.47. The van der Waals surface area contributed by atoms with E-state index in [1.807, 2.05) is 31.4 Å². The van der Waals surface area contributed by atoms with E-state index in [0.29, 0.717) is 24.5 Å². The van der Waals surface area contributed by atoms with Crippen LogP contribution in [0.15, 0.2) is 24.3 Å². The molecule has 0 aliphatic rings. The largest absolute Gasteiger partial charge is 0.329 e. The third-order valence-electron chi connectivity index (χ3n) is 5.57. The number of imidazole rings is 1. The van der Waals surface area contributed by atoms with Crippen molar-refractivity contribution in [2.75, 3.05) is 4.90 Å². The van der Waals surface area contributed by atoms with Gasteiger partial charge in [0.1, 0.15) is 23.0 Å². The summed E-state index contributed by atoms with van der Waals surface area (Å²) in [6.07, 6.45) is 0.698. The minimum absolute atomic E-state index is 0.168. The molecule has 3 heterocycles. The monoisotopic (exact) mass is 455 g/mol. The van der Waals surface area contributed by atoms with Crippen molar-refractivity contribution in [3.63, 3.8) is 0 Å². The fourth-order valence-electron chi connectivity index (χ4n) is 3.96. The number of hydrogen-bond acceptors (Lipinski definition) is 7. The number of hydrogen-bond donors (Lipinski definition) is 1. The van der Waals surface area contributed by atoms with Gasteiger partial charge in [0, 0.05) is 31.7 Å². The molecule has 0 aliphatic heterocycles. The quantitative estimate of drug-likeness (QED) is 0.435. The second-order valence-corrected chi connectivity index (χ2v) is 8.01. The SMILES string of the molecule is CCC(N)c1nc2c(cc1CN(Cc1cc(F)cc(F)c1)c1nnn(C)n1)nc(C)n2CC. The van der Waals surface area contributed by atoms with Crippen LogP contribution in [-0.4, -0.2) is 34.7 Å². The Morgan fingerprint density at radius 3 is 2.39 bits per heavy atom. The van der Waals surface area contributed by atoms with Crippen molar-refractivity contribution in [1.29, 1.82) is 0 Å². The van der Waals surface area contributed by atoms with Gasteiger partial charge >= 0.3 is 0 Å². The molecule has 0 saturated carbocycles. The number of pyridine rings is 1. The Kier molecular flexibility index (Phi) is 6.32. The minimum Gasteiger partial charge on any atom is -0.329 e. The molecule has 2 N–H and O–H groups in total. The molecule has 33 heavy (non-hydrogen) atoms. The van der Waals surface area contributed by atoms with Gasteiger partial charge in [-0.2, -0.15) is 4.80 Å². The summed E-state index contributed by atoms with van der Waals surface area (Å²) in [6.45, 7) is 7.22. The molecule has 174 valence electrons. The molecule has 0 fully saturated rings. The average Bonchev–Trinajstić information content (AvgIpc) is 3.33. The number of fused-ring (bicyclic) bond motifs is 1. The predicted octanol–water partition coefficient (Wildman–Crippen LogP) is 3.18. The van der Waals surface area contributed by atoms with Crippen molar-refractivity contribution < 1.29 is 8.78 Å². The van der Waals surface area contributed by atoms with Gasteiger partial charge in [-0.15, -0.1) is 5.10 Å². The maximum atomic E-state index is 13.8. The zero-order valence-electron chi connectivity index (χ0n) is 19.1. The standard InChI is InChI=1S/C22H27F2N9/c1-5-18(25)20-15(9-19-21(27-20)33(6-2)13(3)26-19)12-32(22-28-30-31(4)29-22)11-14-7-16(23)10-17(24)8-14/h7-10,18H,5-6,11-12,25H2,1-4H3. The van der Waals surface area contributed by atoms with Gasteiger partial charge in [-0.05, 0) is 54.8 Å². The van der Waals surface area contributed by atoms with Crippen LogP contribution in [0.5, 0.6) is 0 Å². The molecular formula is C22H27F2N9. The van der Waals surface area contributed by atoms with Crippen LogP contribution in [0.25, 0.3) is 11.2 Å². The number of nitrogens with zero attached hydrogens (tertiary/aromatic N) is 8. The fourth-order valence-corrected chi connectivity index (χ4v) is 3.96. The van der Waals surface area contributed by atoms with Gasteiger partial charge in [-0.25, -0.2) is 18.7 Å². The predicted molar refractivity (Wildman–Crippen MR) is 120 cm³/mol. The second-order valence-electron chi connectivity index (χ2n) is 8.01. The Balaban J connectivity index is 1.79. The molecule has 11 heteroatoms. The zero-order valence-corrected chi connectivity index (χ0v) is 19.1. The molecule has 0 saturated heterocycles. The molecule has 4 aromatic rings. The zero-order chi connectivity index (χ0) is 23.7. The molecule has 4 rings (SSSR count). The Morgan fingerprint density at radius 1 is 1.06 bits per heavy atom. The van der Waals surface area contributed by atoms with Crippen LogP contribution in [0.3, 0.4) is 0 Å². The van der Waals surface area contributed by atoms with E-state index in [4.69, 9.17) is 10.7 Å². The number of nitrogens with two attached hydrogens (primary N) is 1. The van der Waals surface area contributed by atoms with Gasteiger partial charge in [-0.3, -0.25) is 0 Å². The van der Waals surface area contributed by atoms with Crippen molar-refractivity contribution in [3.8, 4) is 0 Å². The topological polar surface area (TPSA) is 104 Å². The minimum atomic E-state index is -0.644. The fraction of sp³-hybridized carbons (Fsp3) is 0.409. The van der Waals surface area contributed by atoms with E-state index >= 15 is 0 Å². The molecule has 1 aromatic carbocycles. The van der Waals surface area contributed by atoms with Gasteiger partial charge in [0.15, 0.2) is 5.65 Å². The number of aryl methyl sites for hydroxylation is 3. The van der Waals surface area contributed by atoms with Gasteiger partial charge in [0.25, 0.3) is 5.95 Å². The lowest BCUT2D eigenvalue weighted by Crippen LogP contribution is -2.26. The van der Waals surface area contributed by atoms with Crippen molar-refractivity contribution in [1.82, 2.24) is 34.7 Å². The van der Waals surface area contributed by atoms with Gasteiger partial charge in [-0.1, -0.05) is 12.0 Å². The van der Waals surface area contributed by atoms with E-state index in [1.54, 1.807) is 11.9 Å². The summed E-state index contributed by atoms with van der Waals surface area (Å²) in [4.78, 5) is 12.7. The summed E-state index contributed by atoms with van der Waals surface area (Å²) < 4.78 is 29.7. The number of aromatic nitrogens is 7. The maximum absolute atomic E-state index is 13.8. The van der Waals surface area contributed by atoms with E-state index in [9.17, 15) is 8.78 Å². The normalized spacial score (nSPS) is 12.5. The lowest BCUT2D eigenvalue weighted by molar-refractivity contribution is 0.577. The van der Waals surface area contributed by atoms with Crippen LogP contribution >= 0.6 is 0 Å². The third kappa shape index (κ3) is 4.68. The van der Waals surface area contributed by atoms with Crippen molar-refractivity contribution >= 4 is 17.1 Å². The van der Waals surface area contributed by atoms with Crippen LogP contribution in [-0.2, 0) is 26.7 Å². The lowest BCUT2D eigenvalue weighted by Gasteiger charge is -2.23. The molecule has 0 radical (unpaired) electrons. The Morgan fingerprint density at radius 2 is 1.79 bits per heavy atom. The first-order valence-electron chi connectivity index (χ1n) is 10.8. The van der Waals surface area contributed by atoms with Crippen LogP contribution in [0, 0.1) is 18.6 Å². The van der Waals surface area contributed by atoms with E-state index < -0.39 is 11.6 Å². The molecule has 9 nitrogen and oxygen atoms in total. The molecule has 0 spiro atoms. The van der Waals surface area contributed by atoms with Crippen LogP contribution < -0.4 is 10.6 Å². The van der Waals surface area contributed by atoms with E-state index in [2.05, 4.69) is 20.4 Å². The highest BCUT2D eigenvalue weighted by atomic mass is 19.1. The van der Waals surface area contributed by atoms with Crippen LogP contribution in [0.2, 0.25) is 0 Å². The number of tetrazole rings is 1. The first-order valence-corrected chi connectivity index (χ1v) is 10.8. The summed E-state index contributed by atoms with van der Waals surface area (Å²) in [5.41, 5.74) is 10.0. The van der Waals surface area contributed by atoms with Crippen molar-refractivity contribution in [2.24, 2.45) is 12.8 Å². The molecule has 1 unspecified atom stereocenters. The maximum Gasteiger partial charge on any atom is 0.266 e. The highest BCUT2D eigenvalue weighted by Gasteiger charge is 2.21. The van der Waals surface area contributed by atoms with Crippen LogP contribution in [0.1, 0.15) is 49.0 Å². The second kappa shape index (κ2) is 9.18. The number of halogens is 2. The Labute approximate surface area is 190 Å². The van der Waals surface area contributed by atoms with E-state index in [0.717, 1.165) is 40.9 Å². The third-order valence-corrected chi connectivity index (χ3v) is 5.57. The number of benzene rings is 1. The van der Waals surface area contributed by atoms with E-state index in [1.165, 1.54) is 16.9 Å². The molecule has 0 aliphatic carbocycles. The van der Waals surface area contributed by atoms with Gasteiger partial charge in [0.2, 0.25) is 0 Å². The van der Waals surface area contributed by atoms with Crippen LogP contribution in [0.4, 0.5) is 14.7 Å². The highest BCUT2D eigenvalue weighted by Crippen LogP contribution is 2.26. The molecular weight excluding hydrogens is 428 g/mol. The summed E-state index contributed by atoms with van der Waals surface area (Å²) in [6, 6.07) is 5.12. The molecule has 1 atom stereocenters. The molecule has 0 amide bonds. The lowest BCUT2D eigenvalue weighted by atomic mass is 10.0. The van der Waals surface area contributed by atoms with Crippen molar-refractivity contribution in [2.45, 2.75) is 52.9 Å². The average molecular weight is 456 g/mol. The highest BCUT2D eigenvalue weighted by molar-refractivity contribution is 5.73. The Bertz CT molecular complexity index is 1260. The summed E-state index contributed by atoms with van der Waals surface area (Å²) >= 11 is 0. The molecule has 0 bridgehead atoms. The smallest absolute Gasteiger partial charge is 0.266 e. The summed E-state index contributed by atoms with van der Waals surface area (Å²) in [5, 5.41) is 12.3. The molecule has 3 aromatic heterocycles. The first-order chi connectivity index (χ1) is 15.8. The number of anilines is 1. The van der Waals surface area contributed by atoms with Gasteiger partial charge in [0.05, 0.1) is 12.7 Å². The first kappa shape index (κ1) is 22.7.